The third-order valence-corrected chi connectivity index (χ3v) is 5.21. The number of carbonyl (C=O) groups excluding carboxylic acids is 1. The predicted molar refractivity (Wildman–Crippen MR) is 106 cm³/mol. The summed E-state index contributed by atoms with van der Waals surface area (Å²) in [4.78, 5) is 20.8. The molecule has 150 valence electrons. The standard InChI is InChI=1S/C21H21F2N5O/c1-12-8-13(10-24)11-26-17(12)18(29)27-14-4-5-16(22)15(9-14)21(3)7-6-20(2,23)19(25)28-21/h4-5,8-9,11H,6-7H2,1-3H3,(H2,25,28)(H,27,29)/t20-,21-/m0/s1. The molecule has 0 fully saturated rings. The number of pyridine rings is 1. The van der Waals surface area contributed by atoms with E-state index in [0.29, 0.717) is 16.8 Å². The molecule has 3 N–H and O–H groups in total. The third kappa shape index (κ3) is 3.94. The Balaban J connectivity index is 1.91. The number of aryl methyl sites for hydroxylation is 1. The van der Waals surface area contributed by atoms with E-state index in [1.54, 1.807) is 19.9 Å². The molecule has 0 spiro atoms. The first kappa shape index (κ1) is 20.4. The number of hydrogen-bond acceptors (Lipinski definition) is 5. The molecule has 3 rings (SSSR count). The number of hydrogen-bond donors (Lipinski definition) is 2. The summed E-state index contributed by atoms with van der Waals surface area (Å²) in [6, 6.07) is 7.65. The van der Waals surface area contributed by atoms with Crippen LogP contribution in [0.4, 0.5) is 14.5 Å². The average Bonchev–Trinajstić information content (AvgIpc) is 2.66. The molecular weight excluding hydrogens is 376 g/mol. The maximum Gasteiger partial charge on any atom is 0.274 e. The average molecular weight is 397 g/mol. The van der Waals surface area contributed by atoms with Crippen LogP contribution in [-0.4, -0.2) is 22.4 Å². The van der Waals surface area contributed by atoms with E-state index in [1.165, 1.54) is 31.3 Å². The van der Waals surface area contributed by atoms with Gasteiger partial charge in [0.05, 0.1) is 11.1 Å². The van der Waals surface area contributed by atoms with E-state index in [-0.39, 0.29) is 29.9 Å². The highest BCUT2D eigenvalue weighted by atomic mass is 19.1. The molecule has 0 unspecified atom stereocenters. The Bertz CT molecular complexity index is 1060. The molecule has 0 bridgehead atoms. The van der Waals surface area contributed by atoms with E-state index in [9.17, 15) is 13.6 Å². The smallest absolute Gasteiger partial charge is 0.274 e. The molecule has 1 aliphatic heterocycles. The van der Waals surface area contributed by atoms with Crippen LogP contribution in [0.2, 0.25) is 0 Å². The highest BCUT2D eigenvalue weighted by Gasteiger charge is 2.41. The number of amides is 1. The second kappa shape index (κ2) is 7.24. The molecule has 2 atom stereocenters. The third-order valence-electron chi connectivity index (χ3n) is 5.21. The molecular formula is C21H21F2N5O. The molecule has 2 heterocycles. The van der Waals surface area contributed by atoms with Crippen LogP contribution in [0.25, 0.3) is 0 Å². The molecule has 0 aliphatic carbocycles. The highest BCUT2D eigenvalue weighted by Crippen LogP contribution is 2.40. The Kier molecular flexibility index (Phi) is 5.09. The quantitative estimate of drug-likeness (QED) is 0.823. The van der Waals surface area contributed by atoms with Crippen LogP contribution in [-0.2, 0) is 5.54 Å². The number of anilines is 1. The van der Waals surface area contributed by atoms with Gasteiger partial charge in [-0.15, -0.1) is 0 Å². The largest absolute Gasteiger partial charge is 0.385 e. The number of nitrogens with zero attached hydrogens (tertiary/aromatic N) is 3. The van der Waals surface area contributed by atoms with E-state index < -0.39 is 22.9 Å². The molecule has 1 aromatic carbocycles. The van der Waals surface area contributed by atoms with Crippen molar-refractivity contribution in [2.24, 2.45) is 10.7 Å². The zero-order chi connectivity index (χ0) is 21.4. The van der Waals surface area contributed by atoms with Crippen LogP contribution in [0.1, 0.15) is 53.9 Å². The fourth-order valence-corrected chi connectivity index (χ4v) is 3.32. The first-order valence-electron chi connectivity index (χ1n) is 9.08. The van der Waals surface area contributed by atoms with Crippen LogP contribution in [0.3, 0.4) is 0 Å². The Morgan fingerprint density at radius 2 is 2.03 bits per heavy atom. The fourth-order valence-electron chi connectivity index (χ4n) is 3.32. The van der Waals surface area contributed by atoms with Gasteiger partial charge in [0.1, 0.15) is 23.4 Å². The summed E-state index contributed by atoms with van der Waals surface area (Å²) in [5, 5.41) is 11.6. The summed E-state index contributed by atoms with van der Waals surface area (Å²) in [5.41, 5.74) is 4.63. The van der Waals surface area contributed by atoms with Crippen molar-refractivity contribution in [2.75, 3.05) is 5.32 Å². The number of amidine groups is 1. The van der Waals surface area contributed by atoms with E-state index in [2.05, 4.69) is 15.3 Å². The lowest BCUT2D eigenvalue weighted by molar-refractivity contribution is 0.102. The summed E-state index contributed by atoms with van der Waals surface area (Å²) in [5.74, 6) is -1.17. The second-order valence-corrected chi connectivity index (χ2v) is 7.62. The molecule has 2 aromatic rings. The van der Waals surface area contributed by atoms with Gasteiger partial charge in [-0.2, -0.15) is 5.26 Å². The lowest BCUT2D eigenvalue weighted by Gasteiger charge is -2.36. The molecule has 1 amide bonds. The van der Waals surface area contributed by atoms with Gasteiger partial charge < -0.3 is 11.1 Å². The fraction of sp³-hybridized carbons (Fsp3) is 0.333. The van der Waals surface area contributed by atoms with Crippen molar-refractivity contribution in [3.05, 3.63) is 58.7 Å². The molecule has 1 aromatic heterocycles. The maximum absolute atomic E-state index is 14.6. The second-order valence-electron chi connectivity index (χ2n) is 7.62. The van der Waals surface area contributed by atoms with Crippen molar-refractivity contribution >= 4 is 17.4 Å². The van der Waals surface area contributed by atoms with Crippen molar-refractivity contribution in [1.82, 2.24) is 4.98 Å². The molecule has 8 heteroatoms. The van der Waals surface area contributed by atoms with Crippen molar-refractivity contribution in [3.63, 3.8) is 0 Å². The summed E-state index contributed by atoms with van der Waals surface area (Å²) < 4.78 is 28.9. The number of nitrogens with one attached hydrogen (secondary N) is 1. The van der Waals surface area contributed by atoms with Crippen molar-refractivity contribution in [1.29, 1.82) is 5.26 Å². The SMILES string of the molecule is Cc1cc(C#N)cnc1C(=O)Nc1ccc(F)c([C@]2(C)CC[C@](C)(F)C(N)=N2)c1. The number of halogens is 2. The number of benzene rings is 1. The van der Waals surface area contributed by atoms with Gasteiger partial charge in [-0.3, -0.25) is 9.79 Å². The number of nitrogens with two attached hydrogens (primary N) is 1. The first-order valence-corrected chi connectivity index (χ1v) is 9.08. The van der Waals surface area contributed by atoms with E-state index >= 15 is 0 Å². The summed E-state index contributed by atoms with van der Waals surface area (Å²) in [6.45, 7) is 4.71. The van der Waals surface area contributed by atoms with Gasteiger partial charge >= 0.3 is 0 Å². The van der Waals surface area contributed by atoms with Crippen LogP contribution in [0, 0.1) is 24.1 Å². The first-order chi connectivity index (χ1) is 13.6. The predicted octanol–water partition coefficient (Wildman–Crippen LogP) is 3.75. The van der Waals surface area contributed by atoms with Crippen molar-refractivity contribution < 1.29 is 13.6 Å². The van der Waals surface area contributed by atoms with Gasteiger partial charge in [0.15, 0.2) is 5.67 Å². The summed E-state index contributed by atoms with van der Waals surface area (Å²) >= 11 is 0. The zero-order valence-electron chi connectivity index (χ0n) is 16.4. The summed E-state index contributed by atoms with van der Waals surface area (Å²) in [7, 11) is 0. The number of nitriles is 1. The van der Waals surface area contributed by atoms with E-state index in [4.69, 9.17) is 11.0 Å². The van der Waals surface area contributed by atoms with E-state index in [1.807, 2.05) is 6.07 Å². The highest BCUT2D eigenvalue weighted by molar-refractivity contribution is 6.03. The maximum atomic E-state index is 14.6. The van der Waals surface area contributed by atoms with Crippen molar-refractivity contribution in [3.8, 4) is 6.07 Å². The minimum absolute atomic E-state index is 0.114. The lowest BCUT2D eigenvalue weighted by Crippen LogP contribution is -2.45. The number of aromatic nitrogens is 1. The van der Waals surface area contributed by atoms with E-state index in [0.717, 1.165) is 0 Å². The Hall–Kier alpha value is -3.34. The van der Waals surface area contributed by atoms with Gasteiger partial charge in [-0.1, -0.05) is 0 Å². The Labute approximate surface area is 167 Å². The number of alkyl halides is 1. The zero-order valence-corrected chi connectivity index (χ0v) is 16.4. The number of rotatable bonds is 3. The van der Waals surface area contributed by atoms with Gasteiger partial charge in [0, 0.05) is 17.4 Å². The molecule has 0 saturated carbocycles. The molecule has 6 nitrogen and oxygen atoms in total. The normalized spacial score (nSPS) is 23.8. The van der Waals surface area contributed by atoms with Crippen LogP contribution < -0.4 is 11.1 Å². The molecule has 0 saturated heterocycles. The molecule has 1 aliphatic rings. The van der Waals surface area contributed by atoms with Gasteiger partial charge in [-0.25, -0.2) is 13.8 Å². The lowest BCUT2D eigenvalue weighted by atomic mass is 9.80. The number of carbonyl (C=O) groups is 1. The monoisotopic (exact) mass is 397 g/mol. The number of aliphatic imine (C=N–C) groups is 1. The van der Waals surface area contributed by atoms with Crippen molar-refractivity contribution in [2.45, 2.75) is 44.8 Å². The molecule has 0 radical (unpaired) electrons. The Morgan fingerprint density at radius 1 is 1.31 bits per heavy atom. The van der Waals surface area contributed by atoms with Crippen LogP contribution in [0.15, 0.2) is 35.5 Å². The van der Waals surface area contributed by atoms with Gasteiger partial charge in [0.25, 0.3) is 5.91 Å². The molecule has 29 heavy (non-hydrogen) atoms. The van der Waals surface area contributed by atoms with Gasteiger partial charge in [0.2, 0.25) is 0 Å². The minimum Gasteiger partial charge on any atom is -0.385 e. The summed E-state index contributed by atoms with van der Waals surface area (Å²) in [6.07, 6.45) is 1.70. The Morgan fingerprint density at radius 3 is 2.66 bits per heavy atom. The van der Waals surface area contributed by atoms with Gasteiger partial charge in [-0.05, 0) is 63.4 Å². The van der Waals surface area contributed by atoms with Crippen LogP contribution >= 0.6 is 0 Å². The van der Waals surface area contributed by atoms with Crippen LogP contribution in [0.5, 0.6) is 0 Å². The minimum atomic E-state index is -1.72. The topological polar surface area (TPSA) is 104 Å².